The molecule has 4 nitrogen and oxygen atoms in total. The van der Waals surface area contributed by atoms with Gasteiger partial charge in [-0.2, -0.15) is 0 Å². The van der Waals surface area contributed by atoms with Gasteiger partial charge >= 0.3 is 0 Å². The summed E-state index contributed by atoms with van der Waals surface area (Å²) in [6.07, 6.45) is 7.96. The van der Waals surface area contributed by atoms with E-state index in [4.69, 9.17) is 10.5 Å². The molecule has 27 heavy (non-hydrogen) atoms. The zero-order chi connectivity index (χ0) is 19.1. The third-order valence-corrected chi connectivity index (χ3v) is 4.61. The van der Waals surface area contributed by atoms with Crippen LogP contribution < -0.4 is 10.5 Å². The number of nitrogens with zero attached hydrogens (tertiary/aromatic N) is 1. The van der Waals surface area contributed by atoms with E-state index in [1.54, 1.807) is 12.3 Å². The summed E-state index contributed by atoms with van der Waals surface area (Å²) in [6.45, 7) is 0.485. The van der Waals surface area contributed by atoms with Gasteiger partial charge < -0.3 is 10.5 Å². The zero-order valence-electron chi connectivity index (χ0n) is 15.1. The molecule has 0 saturated carbocycles. The van der Waals surface area contributed by atoms with Gasteiger partial charge in [-0.15, -0.1) is 0 Å². The normalized spacial score (nSPS) is 18.0. The topological polar surface area (TPSA) is 64.7 Å². The summed E-state index contributed by atoms with van der Waals surface area (Å²) in [5, 5.41) is 0. The average Bonchev–Trinajstić information content (AvgIpc) is 3.10. The second kappa shape index (κ2) is 8.62. The maximum absolute atomic E-state index is 13.2. The molecule has 0 spiro atoms. The fourth-order valence-corrected chi connectivity index (χ4v) is 3.17. The van der Waals surface area contributed by atoms with E-state index >= 15 is 0 Å². The van der Waals surface area contributed by atoms with Crippen molar-refractivity contribution in [1.29, 1.82) is 0 Å². The number of allylic oxidation sites excluding steroid dienone is 1. The Kier molecular flexibility index (Phi) is 6.01. The van der Waals surface area contributed by atoms with Crippen LogP contribution in [0.25, 0.3) is 0 Å². The molecular weight excluding hydrogens is 343 g/mol. The Morgan fingerprint density at radius 3 is 2.63 bits per heavy atom. The number of nitrogens with two attached hydrogens (primary N) is 1. The monoisotopic (exact) mass is 366 g/mol. The maximum atomic E-state index is 13.2. The first-order valence-corrected chi connectivity index (χ1v) is 9.02. The first kappa shape index (κ1) is 18.8. The van der Waals surface area contributed by atoms with Crippen LogP contribution in [0.2, 0.25) is 0 Å². The molecule has 1 heterocycles. The predicted molar refractivity (Wildman–Crippen MR) is 105 cm³/mol. The molecule has 140 valence electrons. The number of hydrogen-bond acceptors (Lipinski definition) is 3. The highest BCUT2D eigenvalue weighted by atomic mass is 19.1. The van der Waals surface area contributed by atoms with Crippen LogP contribution in [0.4, 0.5) is 4.39 Å². The minimum atomic E-state index is -0.394. The molecule has 0 saturated heterocycles. The second-order valence-electron chi connectivity index (χ2n) is 6.76. The number of carbonyl (C=O) groups is 1. The number of amides is 1. The number of halogens is 1. The Balaban J connectivity index is 1.54. The Labute approximate surface area is 158 Å². The molecule has 0 fully saturated rings. The molecule has 1 amide bonds. The summed E-state index contributed by atoms with van der Waals surface area (Å²) >= 11 is 0. The summed E-state index contributed by atoms with van der Waals surface area (Å²) < 4.78 is 18.9. The van der Waals surface area contributed by atoms with Gasteiger partial charge in [0, 0.05) is 25.5 Å². The highest BCUT2D eigenvalue weighted by molar-refractivity contribution is 5.76. The van der Waals surface area contributed by atoms with Gasteiger partial charge in [0.2, 0.25) is 5.91 Å². The van der Waals surface area contributed by atoms with Crippen LogP contribution >= 0.6 is 0 Å². The lowest BCUT2D eigenvalue weighted by atomic mass is 9.87. The molecule has 2 N–H and O–H groups in total. The Morgan fingerprint density at radius 1 is 1.15 bits per heavy atom. The average molecular weight is 366 g/mol. The van der Waals surface area contributed by atoms with E-state index in [2.05, 4.69) is 4.99 Å². The van der Waals surface area contributed by atoms with Gasteiger partial charge in [0.25, 0.3) is 0 Å². The fraction of sp³-hybridized carbons (Fsp3) is 0.273. The molecule has 1 unspecified atom stereocenters. The molecule has 2 aromatic rings. The van der Waals surface area contributed by atoms with Crippen molar-refractivity contribution in [3.8, 4) is 5.75 Å². The summed E-state index contributed by atoms with van der Waals surface area (Å²) in [4.78, 5) is 15.7. The van der Waals surface area contributed by atoms with Crippen molar-refractivity contribution in [1.82, 2.24) is 0 Å². The number of carbonyl (C=O) groups excluding carboxylic acids is 1. The molecule has 0 aromatic heterocycles. The van der Waals surface area contributed by atoms with Gasteiger partial charge in [-0.05, 0) is 47.9 Å². The van der Waals surface area contributed by atoms with E-state index in [-0.39, 0.29) is 11.7 Å². The van der Waals surface area contributed by atoms with Crippen LogP contribution in [0.5, 0.6) is 5.75 Å². The molecule has 2 aromatic carbocycles. The maximum Gasteiger partial charge on any atom is 0.217 e. The van der Waals surface area contributed by atoms with Crippen LogP contribution in [0.1, 0.15) is 24.0 Å². The van der Waals surface area contributed by atoms with E-state index in [0.717, 1.165) is 16.9 Å². The second-order valence-corrected chi connectivity index (χ2v) is 6.76. The highest BCUT2D eigenvalue weighted by Crippen LogP contribution is 2.28. The van der Waals surface area contributed by atoms with Gasteiger partial charge in [0.15, 0.2) is 0 Å². The molecule has 1 atom stereocenters. The van der Waals surface area contributed by atoms with Gasteiger partial charge in [-0.1, -0.05) is 30.3 Å². The molecule has 3 rings (SSSR count). The molecule has 0 radical (unpaired) electrons. The number of hydrogen-bond donors (Lipinski definition) is 1. The van der Waals surface area contributed by atoms with Crippen LogP contribution in [-0.2, 0) is 17.6 Å². The molecular formula is C22H23FN2O2. The van der Waals surface area contributed by atoms with E-state index in [0.29, 0.717) is 32.3 Å². The number of aliphatic imine (C=N–C) groups is 1. The number of rotatable bonds is 9. The van der Waals surface area contributed by atoms with Gasteiger partial charge in [0.05, 0.1) is 12.1 Å². The number of ether oxygens (including phenoxy) is 1. The van der Waals surface area contributed by atoms with E-state index in [1.807, 2.05) is 42.5 Å². The summed E-state index contributed by atoms with van der Waals surface area (Å²) in [5.74, 6) is 0.226. The lowest BCUT2D eigenvalue weighted by Gasteiger charge is -2.24. The largest absolute Gasteiger partial charge is 0.493 e. The van der Waals surface area contributed by atoms with Crippen molar-refractivity contribution in [2.24, 2.45) is 10.7 Å². The van der Waals surface area contributed by atoms with Crippen molar-refractivity contribution in [2.75, 3.05) is 6.61 Å². The SMILES string of the molecule is NC(=O)CCC1(Cc2ccc(OCCc3cccc(F)c3)cc2)C=CC=N1. The number of benzene rings is 2. The van der Waals surface area contributed by atoms with E-state index in [9.17, 15) is 9.18 Å². The fourth-order valence-electron chi connectivity index (χ4n) is 3.17. The lowest BCUT2D eigenvalue weighted by molar-refractivity contribution is -0.118. The molecule has 1 aliphatic rings. The van der Waals surface area contributed by atoms with Crippen molar-refractivity contribution in [3.63, 3.8) is 0 Å². The first-order chi connectivity index (χ1) is 13.0. The predicted octanol–water partition coefficient (Wildman–Crippen LogP) is 3.63. The Morgan fingerprint density at radius 2 is 1.96 bits per heavy atom. The van der Waals surface area contributed by atoms with E-state index < -0.39 is 5.54 Å². The Hall–Kier alpha value is -2.95. The van der Waals surface area contributed by atoms with Gasteiger partial charge in [-0.3, -0.25) is 9.79 Å². The van der Waals surface area contributed by atoms with Crippen LogP contribution in [0.15, 0.2) is 65.7 Å². The van der Waals surface area contributed by atoms with E-state index in [1.165, 1.54) is 12.1 Å². The molecule has 0 aliphatic carbocycles. The summed E-state index contributed by atoms with van der Waals surface area (Å²) in [6, 6.07) is 14.4. The molecule has 0 bridgehead atoms. The summed E-state index contributed by atoms with van der Waals surface area (Å²) in [5.41, 5.74) is 6.92. The quantitative estimate of drug-likeness (QED) is 0.736. The smallest absolute Gasteiger partial charge is 0.217 e. The lowest BCUT2D eigenvalue weighted by Crippen LogP contribution is -2.27. The standard InChI is InChI=1S/C22H23FN2O2/c23-19-4-1-3-17(15-19)10-14-27-20-7-5-18(6-8-20)16-22(11-2-13-25-22)12-9-21(24)26/h1-8,11,13,15H,9-10,12,14,16H2,(H2,24,26). The summed E-state index contributed by atoms with van der Waals surface area (Å²) in [7, 11) is 0. The van der Waals surface area contributed by atoms with Gasteiger partial charge in [-0.25, -0.2) is 4.39 Å². The van der Waals surface area contributed by atoms with Crippen molar-refractivity contribution >= 4 is 12.1 Å². The highest BCUT2D eigenvalue weighted by Gasteiger charge is 2.28. The van der Waals surface area contributed by atoms with Crippen molar-refractivity contribution in [3.05, 3.63) is 77.6 Å². The van der Waals surface area contributed by atoms with Crippen LogP contribution in [-0.4, -0.2) is 24.3 Å². The minimum Gasteiger partial charge on any atom is -0.493 e. The van der Waals surface area contributed by atoms with Crippen LogP contribution in [0.3, 0.4) is 0 Å². The minimum absolute atomic E-state index is 0.231. The Bertz CT molecular complexity index is 832. The number of primary amides is 1. The van der Waals surface area contributed by atoms with Crippen molar-refractivity contribution < 1.29 is 13.9 Å². The van der Waals surface area contributed by atoms with Crippen LogP contribution in [0, 0.1) is 5.82 Å². The molecule has 5 heteroatoms. The van der Waals surface area contributed by atoms with Gasteiger partial charge in [0.1, 0.15) is 11.6 Å². The molecule has 1 aliphatic heterocycles. The third-order valence-electron chi connectivity index (χ3n) is 4.61. The third kappa shape index (κ3) is 5.51. The zero-order valence-corrected chi connectivity index (χ0v) is 15.1. The first-order valence-electron chi connectivity index (χ1n) is 9.02. The van der Waals surface area contributed by atoms with Crippen molar-refractivity contribution in [2.45, 2.75) is 31.2 Å².